The predicted molar refractivity (Wildman–Crippen MR) is 169 cm³/mol. The maximum atomic E-state index is 13.9. The summed E-state index contributed by atoms with van der Waals surface area (Å²) >= 11 is 0. The van der Waals surface area contributed by atoms with Gasteiger partial charge in [0.25, 0.3) is 5.91 Å². The summed E-state index contributed by atoms with van der Waals surface area (Å²) in [5.74, 6) is -0.284. The van der Waals surface area contributed by atoms with Crippen molar-refractivity contribution < 1.29 is 4.79 Å². The van der Waals surface area contributed by atoms with E-state index in [1.165, 1.54) is 0 Å². The molecule has 0 aliphatic heterocycles. The highest BCUT2D eigenvalue weighted by Crippen LogP contribution is 2.23. The molecule has 2 aromatic rings. The first-order valence-corrected chi connectivity index (χ1v) is 15.1. The zero-order valence-corrected chi connectivity index (χ0v) is 24.6. The molecular weight excluding hydrogens is 514 g/mol. The topological polar surface area (TPSA) is 209 Å². The van der Waals surface area contributed by atoms with Gasteiger partial charge in [-0.1, -0.05) is 73.5 Å². The van der Waals surface area contributed by atoms with Gasteiger partial charge >= 0.3 is 0 Å². The molecule has 0 aliphatic rings. The number of amides is 1. The summed E-state index contributed by atoms with van der Waals surface area (Å²) in [5, 5.41) is 9.82. The monoisotopic (exact) mass is 569 g/mol. The van der Waals surface area contributed by atoms with Crippen LogP contribution in [-0.4, -0.2) is 56.0 Å². The molecule has 0 radical (unpaired) electrons. The number of nitrogens with two attached hydrogens (primary N) is 6. The quantitative estimate of drug-likeness (QED) is 0.0733. The SMILES string of the molecule is NCCCCC(N)CNC(N)CCCC(N)(NCC(N)CCCCN)C(=O)NC(c1ccccc1)c1ccccc1. The standard InChI is InChI=1S/C31H55N9O/c32-20-9-7-16-26(34)22-38-28(36)18-11-19-31(37,39-23-27(35)17-8-10-21-33)30(41)40-29(24-12-3-1-4-13-24)25-14-5-2-6-15-25/h1-6,12-15,26-29,38-39H,7-11,16-23,32-37H2,(H,40,41). The summed E-state index contributed by atoms with van der Waals surface area (Å²) in [4.78, 5) is 13.9. The van der Waals surface area contributed by atoms with Crippen LogP contribution in [0, 0.1) is 0 Å². The number of carbonyl (C=O) groups excluding carboxylic acids is 1. The minimum Gasteiger partial charge on any atom is -0.342 e. The third kappa shape index (κ3) is 13.4. The molecule has 1 amide bonds. The van der Waals surface area contributed by atoms with Crippen LogP contribution in [0.3, 0.4) is 0 Å². The molecule has 10 heteroatoms. The van der Waals surface area contributed by atoms with Crippen LogP contribution < -0.4 is 50.4 Å². The van der Waals surface area contributed by atoms with E-state index < -0.39 is 5.66 Å². The summed E-state index contributed by atoms with van der Waals surface area (Å²) in [5.41, 5.74) is 37.5. The van der Waals surface area contributed by atoms with Crippen molar-refractivity contribution >= 4 is 5.91 Å². The maximum absolute atomic E-state index is 13.9. The van der Waals surface area contributed by atoms with Crippen molar-refractivity contribution in [2.24, 2.45) is 34.4 Å². The van der Waals surface area contributed by atoms with Gasteiger partial charge in [0, 0.05) is 25.2 Å². The number of benzene rings is 2. The molecule has 0 aliphatic carbocycles. The number of hydrogen-bond donors (Lipinski definition) is 9. The Morgan fingerprint density at radius 1 is 0.707 bits per heavy atom. The minimum absolute atomic E-state index is 0.0299. The second kappa shape index (κ2) is 19.7. The van der Waals surface area contributed by atoms with Crippen LogP contribution >= 0.6 is 0 Å². The summed E-state index contributed by atoms with van der Waals surface area (Å²) in [6.07, 6.45) is 6.96. The lowest BCUT2D eigenvalue weighted by molar-refractivity contribution is -0.128. The molecule has 4 unspecified atom stereocenters. The van der Waals surface area contributed by atoms with E-state index in [1.54, 1.807) is 0 Å². The average molecular weight is 570 g/mol. The summed E-state index contributed by atoms with van der Waals surface area (Å²) in [7, 11) is 0. The van der Waals surface area contributed by atoms with E-state index in [2.05, 4.69) is 16.0 Å². The molecule has 4 atom stereocenters. The average Bonchev–Trinajstić information content (AvgIpc) is 2.99. The van der Waals surface area contributed by atoms with E-state index in [0.29, 0.717) is 45.4 Å². The number of carbonyl (C=O) groups is 1. The Morgan fingerprint density at radius 3 is 1.73 bits per heavy atom. The van der Waals surface area contributed by atoms with Crippen molar-refractivity contribution in [3.05, 3.63) is 71.8 Å². The zero-order valence-electron chi connectivity index (χ0n) is 24.6. The van der Waals surface area contributed by atoms with Crippen LogP contribution in [0.4, 0.5) is 0 Å². The van der Waals surface area contributed by atoms with Gasteiger partial charge in [0.05, 0.1) is 12.2 Å². The zero-order chi connectivity index (χ0) is 29.9. The Bertz CT molecular complexity index is 910. The van der Waals surface area contributed by atoms with Crippen molar-refractivity contribution in [3.63, 3.8) is 0 Å². The van der Waals surface area contributed by atoms with Gasteiger partial charge in [0.1, 0.15) is 5.66 Å². The first kappa shape index (κ1) is 34.8. The van der Waals surface area contributed by atoms with Gasteiger partial charge in [-0.3, -0.25) is 10.1 Å². The van der Waals surface area contributed by atoms with Crippen molar-refractivity contribution in [2.75, 3.05) is 26.2 Å². The minimum atomic E-state index is -1.33. The van der Waals surface area contributed by atoms with Crippen LogP contribution in [0.2, 0.25) is 0 Å². The summed E-state index contributed by atoms with van der Waals surface area (Å²) in [6, 6.07) is 19.3. The predicted octanol–water partition coefficient (Wildman–Crippen LogP) is 1.09. The van der Waals surface area contributed by atoms with Gasteiger partial charge in [-0.15, -0.1) is 0 Å². The second-order valence-electron chi connectivity index (χ2n) is 11.1. The molecule has 230 valence electrons. The van der Waals surface area contributed by atoms with E-state index >= 15 is 0 Å². The Kier molecular flexibility index (Phi) is 16.7. The molecule has 0 spiro atoms. The third-order valence-corrected chi connectivity index (χ3v) is 7.41. The molecule has 0 saturated heterocycles. The molecule has 10 nitrogen and oxygen atoms in total. The number of unbranched alkanes of at least 4 members (excludes halogenated alkanes) is 2. The van der Waals surface area contributed by atoms with Crippen molar-refractivity contribution in [3.8, 4) is 0 Å². The Morgan fingerprint density at radius 2 is 1.22 bits per heavy atom. The highest BCUT2D eigenvalue weighted by Gasteiger charge is 2.35. The van der Waals surface area contributed by atoms with E-state index in [1.807, 2.05) is 60.7 Å². The van der Waals surface area contributed by atoms with Gasteiger partial charge < -0.3 is 45.0 Å². The Hall–Kier alpha value is -2.41. The van der Waals surface area contributed by atoms with Gasteiger partial charge in [0.2, 0.25) is 0 Å². The van der Waals surface area contributed by atoms with Crippen molar-refractivity contribution in [1.82, 2.24) is 16.0 Å². The number of rotatable bonds is 22. The van der Waals surface area contributed by atoms with Crippen LogP contribution in [0.5, 0.6) is 0 Å². The molecule has 2 rings (SSSR count). The smallest absolute Gasteiger partial charge is 0.255 e. The van der Waals surface area contributed by atoms with Gasteiger partial charge in [-0.25, -0.2) is 0 Å². The lowest BCUT2D eigenvalue weighted by Gasteiger charge is -2.33. The van der Waals surface area contributed by atoms with Crippen LogP contribution in [0.1, 0.15) is 75.0 Å². The fraction of sp³-hybridized carbons (Fsp3) is 0.581. The number of nitrogens with one attached hydrogen (secondary N) is 3. The first-order valence-electron chi connectivity index (χ1n) is 15.1. The Labute approximate surface area is 246 Å². The molecule has 0 bridgehead atoms. The summed E-state index contributed by atoms with van der Waals surface area (Å²) < 4.78 is 0. The number of hydrogen-bond acceptors (Lipinski definition) is 9. The van der Waals surface area contributed by atoms with Crippen molar-refractivity contribution in [1.29, 1.82) is 0 Å². The van der Waals surface area contributed by atoms with E-state index in [4.69, 9.17) is 34.4 Å². The van der Waals surface area contributed by atoms with Gasteiger partial charge in [-0.2, -0.15) is 0 Å². The molecular formula is C31H55N9O. The molecule has 15 N–H and O–H groups in total. The highest BCUT2D eigenvalue weighted by molar-refractivity contribution is 5.86. The van der Waals surface area contributed by atoms with Crippen LogP contribution in [-0.2, 0) is 4.79 Å². The highest BCUT2D eigenvalue weighted by atomic mass is 16.2. The van der Waals surface area contributed by atoms with Crippen molar-refractivity contribution in [2.45, 2.75) is 87.7 Å². The normalized spacial score (nSPS) is 15.3. The molecule has 0 saturated carbocycles. The first-order chi connectivity index (χ1) is 19.8. The second-order valence-corrected chi connectivity index (χ2v) is 11.1. The molecule has 2 aromatic carbocycles. The fourth-order valence-corrected chi connectivity index (χ4v) is 4.82. The maximum Gasteiger partial charge on any atom is 0.255 e. The van der Waals surface area contributed by atoms with E-state index in [-0.39, 0.29) is 30.2 Å². The van der Waals surface area contributed by atoms with E-state index in [9.17, 15) is 4.79 Å². The molecule has 0 heterocycles. The van der Waals surface area contributed by atoms with Gasteiger partial charge in [-0.05, 0) is 69.2 Å². The molecule has 0 aromatic heterocycles. The van der Waals surface area contributed by atoms with E-state index in [0.717, 1.165) is 49.7 Å². The Balaban J connectivity index is 2.07. The largest absolute Gasteiger partial charge is 0.342 e. The lowest BCUT2D eigenvalue weighted by Crippen LogP contribution is -2.65. The third-order valence-electron chi connectivity index (χ3n) is 7.41. The van der Waals surface area contributed by atoms with Gasteiger partial charge in [0.15, 0.2) is 0 Å². The molecule has 41 heavy (non-hydrogen) atoms. The fourth-order valence-electron chi connectivity index (χ4n) is 4.82. The van der Waals surface area contributed by atoms with Crippen LogP contribution in [0.15, 0.2) is 60.7 Å². The summed E-state index contributed by atoms with van der Waals surface area (Å²) in [6.45, 7) is 2.36. The molecule has 0 fully saturated rings. The van der Waals surface area contributed by atoms with Crippen LogP contribution in [0.25, 0.3) is 0 Å². The lowest BCUT2D eigenvalue weighted by atomic mass is 9.95.